The SMILES string of the molecule is CN(C(=O)C1=NN(c2ccccc2)C(=O)CC1)c1ccc2ccccc2c1. The zero-order valence-corrected chi connectivity index (χ0v) is 15.0. The third-order valence-electron chi connectivity index (χ3n) is 4.71. The van der Waals surface area contributed by atoms with Gasteiger partial charge in [0.2, 0.25) is 5.91 Å². The summed E-state index contributed by atoms with van der Waals surface area (Å²) in [6, 6.07) is 23.1. The number of amides is 2. The number of benzene rings is 3. The third-order valence-corrected chi connectivity index (χ3v) is 4.71. The summed E-state index contributed by atoms with van der Waals surface area (Å²) in [5.41, 5.74) is 1.85. The van der Waals surface area contributed by atoms with Crippen LogP contribution in [0.5, 0.6) is 0 Å². The van der Waals surface area contributed by atoms with Crippen LogP contribution < -0.4 is 9.91 Å². The molecule has 3 aromatic carbocycles. The van der Waals surface area contributed by atoms with Crippen LogP contribution in [0.3, 0.4) is 0 Å². The Kier molecular flexibility index (Phi) is 4.42. The first-order valence-electron chi connectivity index (χ1n) is 8.86. The molecule has 0 N–H and O–H groups in total. The van der Waals surface area contributed by atoms with Crippen molar-refractivity contribution in [3.63, 3.8) is 0 Å². The molecule has 5 nitrogen and oxygen atoms in total. The number of hydrazone groups is 1. The first kappa shape index (κ1) is 17.0. The molecule has 0 radical (unpaired) electrons. The number of hydrogen-bond acceptors (Lipinski definition) is 3. The lowest BCUT2D eigenvalue weighted by Gasteiger charge is -2.25. The average Bonchev–Trinajstić information content (AvgIpc) is 2.73. The smallest absolute Gasteiger partial charge is 0.274 e. The van der Waals surface area contributed by atoms with Crippen molar-refractivity contribution in [1.29, 1.82) is 0 Å². The van der Waals surface area contributed by atoms with Crippen molar-refractivity contribution in [2.45, 2.75) is 12.8 Å². The largest absolute Gasteiger partial charge is 0.310 e. The molecule has 1 heterocycles. The minimum absolute atomic E-state index is 0.105. The lowest BCUT2D eigenvalue weighted by atomic mass is 10.1. The Bertz CT molecular complexity index is 1040. The van der Waals surface area contributed by atoms with Gasteiger partial charge in [-0.3, -0.25) is 9.59 Å². The Labute approximate surface area is 157 Å². The molecule has 1 aliphatic heterocycles. The predicted octanol–water partition coefficient (Wildman–Crippen LogP) is 3.99. The molecular weight excluding hydrogens is 338 g/mol. The molecule has 2 amide bonds. The van der Waals surface area contributed by atoms with Crippen LogP contribution >= 0.6 is 0 Å². The molecule has 0 atom stereocenters. The van der Waals surface area contributed by atoms with Gasteiger partial charge in [0.1, 0.15) is 5.71 Å². The Hall–Kier alpha value is -3.47. The summed E-state index contributed by atoms with van der Waals surface area (Å²) in [5, 5.41) is 7.87. The van der Waals surface area contributed by atoms with Crippen LogP contribution in [-0.2, 0) is 9.59 Å². The summed E-state index contributed by atoms with van der Waals surface area (Å²) in [5.74, 6) is -0.301. The van der Waals surface area contributed by atoms with Crippen LogP contribution in [0.1, 0.15) is 12.8 Å². The number of anilines is 2. The molecular formula is C22H19N3O2. The maximum Gasteiger partial charge on any atom is 0.274 e. The molecule has 134 valence electrons. The van der Waals surface area contributed by atoms with Crippen LogP contribution in [0, 0.1) is 0 Å². The van der Waals surface area contributed by atoms with Crippen molar-refractivity contribution in [2.75, 3.05) is 17.0 Å². The summed E-state index contributed by atoms with van der Waals surface area (Å²) in [6.45, 7) is 0. The van der Waals surface area contributed by atoms with Crippen molar-refractivity contribution in [3.05, 3.63) is 72.8 Å². The Morgan fingerprint density at radius 3 is 2.41 bits per heavy atom. The van der Waals surface area contributed by atoms with E-state index < -0.39 is 0 Å². The Balaban J connectivity index is 1.63. The summed E-state index contributed by atoms with van der Waals surface area (Å²) in [4.78, 5) is 26.8. The van der Waals surface area contributed by atoms with Gasteiger partial charge in [-0.15, -0.1) is 0 Å². The first-order valence-corrected chi connectivity index (χ1v) is 8.86. The van der Waals surface area contributed by atoms with E-state index in [-0.39, 0.29) is 18.2 Å². The highest BCUT2D eigenvalue weighted by Gasteiger charge is 2.27. The monoisotopic (exact) mass is 357 g/mol. The number of carbonyl (C=O) groups is 2. The van der Waals surface area contributed by atoms with Crippen LogP contribution in [0.2, 0.25) is 0 Å². The van der Waals surface area contributed by atoms with E-state index in [1.807, 2.05) is 72.8 Å². The maximum absolute atomic E-state index is 13.0. The minimum Gasteiger partial charge on any atom is -0.310 e. The lowest BCUT2D eigenvalue weighted by Crippen LogP contribution is -2.40. The molecule has 0 aliphatic carbocycles. The number of fused-ring (bicyclic) bond motifs is 1. The molecule has 0 aromatic heterocycles. The summed E-state index contributed by atoms with van der Waals surface area (Å²) < 4.78 is 0. The lowest BCUT2D eigenvalue weighted by molar-refractivity contribution is -0.118. The standard InChI is InChI=1S/C22H19N3O2/c1-24(19-12-11-16-7-5-6-8-17(16)15-19)22(27)20-13-14-21(26)25(23-20)18-9-3-2-4-10-18/h2-12,15H,13-14H2,1H3. The third kappa shape index (κ3) is 3.31. The van der Waals surface area contributed by atoms with Crippen molar-refractivity contribution < 1.29 is 9.59 Å². The second-order valence-electron chi connectivity index (χ2n) is 6.48. The summed E-state index contributed by atoms with van der Waals surface area (Å²) in [7, 11) is 1.73. The van der Waals surface area contributed by atoms with E-state index in [4.69, 9.17) is 0 Å². The van der Waals surface area contributed by atoms with Crippen molar-refractivity contribution in [3.8, 4) is 0 Å². The fourth-order valence-corrected chi connectivity index (χ4v) is 3.17. The molecule has 5 heteroatoms. The predicted molar refractivity (Wildman–Crippen MR) is 108 cm³/mol. The first-order chi connectivity index (χ1) is 13.1. The van der Waals surface area contributed by atoms with Crippen molar-refractivity contribution in [2.24, 2.45) is 5.10 Å². The molecule has 3 aromatic rings. The zero-order chi connectivity index (χ0) is 18.8. The van der Waals surface area contributed by atoms with Gasteiger partial charge in [-0.05, 0) is 35.0 Å². The van der Waals surface area contributed by atoms with Crippen LogP contribution in [0.15, 0.2) is 77.9 Å². The number of carbonyl (C=O) groups excluding carboxylic acids is 2. The normalized spacial score (nSPS) is 14.2. The molecule has 27 heavy (non-hydrogen) atoms. The van der Waals surface area contributed by atoms with Gasteiger partial charge in [0.25, 0.3) is 5.91 Å². The fourth-order valence-electron chi connectivity index (χ4n) is 3.17. The van der Waals surface area contributed by atoms with Gasteiger partial charge in [0.05, 0.1) is 5.69 Å². The second kappa shape index (κ2) is 7.03. The molecule has 0 bridgehead atoms. The van der Waals surface area contributed by atoms with E-state index in [0.717, 1.165) is 16.5 Å². The number of para-hydroxylation sites is 1. The summed E-state index contributed by atoms with van der Waals surface area (Å²) in [6.07, 6.45) is 0.615. The number of rotatable bonds is 3. The highest BCUT2D eigenvalue weighted by atomic mass is 16.2. The van der Waals surface area contributed by atoms with Gasteiger partial charge in [0, 0.05) is 25.6 Å². The van der Waals surface area contributed by atoms with Gasteiger partial charge in [-0.1, -0.05) is 48.5 Å². The molecule has 0 unspecified atom stereocenters. The highest BCUT2D eigenvalue weighted by molar-refractivity contribution is 6.44. The topological polar surface area (TPSA) is 53.0 Å². The van der Waals surface area contributed by atoms with Gasteiger partial charge in [0.15, 0.2) is 0 Å². The van der Waals surface area contributed by atoms with E-state index in [1.54, 1.807) is 11.9 Å². The molecule has 0 fully saturated rings. The maximum atomic E-state index is 13.0. The summed E-state index contributed by atoms with van der Waals surface area (Å²) >= 11 is 0. The molecule has 4 rings (SSSR count). The van der Waals surface area contributed by atoms with Gasteiger partial charge < -0.3 is 4.90 Å². The van der Waals surface area contributed by atoms with Crippen molar-refractivity contribution >= 4 is 39.7 Å². The quantitative estimate of drug-likeness (QED) is 0.712. The molecule has 0 saturated carbocycles. The van der Waals surface area contributed by atoms with E-state index in [9.17, 15) is 9.59 Å². The Morgan fingerprint density at radius 1 is 0.926 bits per heavy atom. The van der Waals surface area contributed by atoms with E-state index in [2.05, 4.69) is 5.10 Å². The van der Waals surface area contributed by atoms with E-state index in [0.29, 0.717) is 17.8 Å². The molecule has 1 aliphatic rings. The van der Waals surface area contributed by atoms with Gasteiger partial charge >= 0.3 is 0 Å². The highest BCUT2D eigenvalue weighted by Crippen LogP contribution is 2.24. The Morgan fingerprint density at radius 2 is 1.63 bits per heavy atom. The minimum atomic E-state index is -0.196. The van der Waals surface area contributed by atoms with Crippen LogP contribution in [-0.4, -0.2) is 24.6 Å². The van der Waals surface area contributed by atoms with Gasteiger partial charge in [-0.2, -0.15) is 5.10 Å². The average molecular weight is 357 g/mol. The molecule has 0 spiro atoms. The molecule has 0 saturated heterocycles. The van der Waals surface area contributed by atoms with Crippen LogP contribution in [0.4, 0.5) is 11.4 Å². The van der Waals surface area contributed by atoms with E-state index >= 15 is 0 Å². The fraction of sp³-hybridized carbons (Fsp3) is 0.136. The van der Waals surface area contributed by atoms with Crippen molar-refractivity contribution in [1.82, 2.24) is 0 Å². The zero-order valence-electron chi connectivity index (χ0n) is 15.0. The number of nitrogens with zero attached hydrogens (tertiary/aromatic N) is 3. The van der Waals surface area contributed by atoms with Gasteiger partial charge in [-0.25, -0.2) is 5.01 Å². The number of hydrogen-bond donors (Lipinski definition) is 0. The van der Waals surface area contributed by atoms with Crippen LogP contribution in [0.25, 0.3) is 10.8 Å². The van der Waals surface area contributed by atoms with E-state index in [1.165, 1.54) is 5.01 Å². The second-order valence-corrected chi connectivity index (χ2v) is 6.48.